The van der Waals surface area contributed by atoms with Gasteiger partial charge in [0.1, 0.15) is 11.6 Å². The van der Waals surface area contributed by atoms with Crippen molar-refractivity contribution in [3.63, 3.8) is 0 Å². The molecule has 1 aromatic heterocycles. The molecule has 0 bridgehead atoms. The molecular weight excluding hydrogens is 429 g/mol. The van der Waals surface area contributed by atoms with Gasteiger partial charge >= 0.3 is 0 Å². The number of aromatic nitrogens is 2. The number of nitrogens with zero attached hydrogens (tertiary/aromatic N) is 3. The number of anilines is 2. The van der Waals surface area contributed by atoms with Crippen LogP contribution in [-0.4, -0.2) is 29.8 Å². The lowest BCUT2D eigenvalue weighted by atomic mass is 10.1. The lowest BCUT2D eigenvalue weighted by Crippen LogP contribution is -2.31. The first kappa shape index (κ1) is 22.3. The Kier molecular flexibility index (Phi) is 6.16. The van der Waals surface area contributed by atoms with E-state index >= 15 is 0 Å². The van der Waals surface area contributed by atoms with Crippen molar-refractivity contribution >= 4 is 22.3 Å². The van der Waals surface area contributed by atoms with Gasteiger partial charge in [-0.15, -0.1) is 0 Å². The lowest BCUT2D eigenvalue weighted by Gasteiger charge is -2.24. The van der Waals surface area contributed by atoms with Crippen LogP contribution in [0.1, 0.15) is 30.3 Å². The van der Waals surface area contributed by atoms with Gasteiger partial charge in [-0.2, -0.15) is 0 Å². The summed E-state index contributed by atoms with van der Waals surface area (Å²) in [5, 5.41) is 0.542. The van der Waals surface area contributed by atoms with Gasteiger partial charge in [-0.3, -0.25) is 9.36 Å². The van der Waals surface area contributed by atoms with Crippen LogP contribution in [0.15, 0.2) is 77.6 Å². The van der Waals surface area contributed by atoms with Gasteiger partial charge in [-0.05, 0) is 73.7 Å². The van der Waals surface area contributed by atoms with Crippen LogP contribution in [0, 0.1) is 18.7 Å². The van der Waals surface area contributed by atoms with E-state index in [0.717, 1.165) is 23.5 Å². The molecule has 34 heavy (non-hydrogen) atoms. The summed E-state index contributed by atoms with van der Waals surface area (Å²) in [7, 11) is 1.90. The number of hydrogen-bond acceptors (Lipinski definition) is 4. The molecule has 0 saturated heterocycles. The highest BCUT2D eigenvalue weighted by Gasteiger charge is 2.24. The normalized spacial score (nSPS) is 14.3. The summed E-state index contributed by atoms with van der Waals surface area (Å²) in [5.41, 5.74) is 3.23. The first-order valence-electron chi connectivity index (χ1n) is 11.7. The van der Waals surface area contributed by atoms with E-state index in [1.165, 1.54) is 25.0 Å². The van der Waals surface area contributed by atoms with Gasteiger partial charge in [0.25, 0.3) is 5.56 Å². The molecule has 1 fully saturated rings. The first-order chi connectivity index (χ1) is 16.5. The van der Waals surface area contributed by atoms with E-state index in [1.54, 1.807) is 16.7 Å². The van der Waals surface area contributed by atoms with Gasteiger partial charge in [0, 0.05) is 25.0 Å². The summed E-state index contributed by atoms with van der Waals surface area (Å²) < 4.78 is 21.2. The number of fused-ring (bicyclic) bond motifs is 1. The molecule has 3 aromatic carbocycles. The van der Waals surface area contributed by atoms with Gasteiger partial charge in [-0.25, -0.2) is 9.37 Å². The van der Waals surface area contributed by atoms with Crippen molar-refractivity contribution in [2.75, 3.05) is 25.2 Å². The zero-order valence-electron chi connectivity index (χ0n) is 19.4. The van der Waals surface area contributed by atoms with Crippen molar-refractivity contribution in [2.24, 2.45) is 5.92 Å². The molecule has 174 valence electrons. The lowest BCUT2D eigenvalue weighted by molar-refractivity contribution is 0.102. The summed E-state index contributed by atoms with van der Waals surface area (Å²) in [6.07, 6.45) is 2.44. The summed E-state index contributed by atoms with van der Waals surface area (Å²) in [6, 6.07) is 21.7. The first-order valence-corrected chi connectivity index (χ1v) is 11.7. The van der Waals surface area contributed by atoms with Crippen molar-refractivity contribution in [1.82, 2.24) is 9.55 Å². The fourth-order valence-electron chi connectivity index (χ4n) is 4.31. The van der Waals surface area contributed by atoms with Crippen LogP contribution in [0.4, 0.5) is 15.8 Å². The molecule has 1 aliphatic carbocycles. The summed E-state index contributed by atoms with van der Waals surface area (Å²) in [4.78, 5) is 20.5. The SMILES string of the molecule is Cc1nc2ccc(N(C)c3ccc(F)cc3)cc2c(=O)n1C(COCC1CC1)c1ccccc1. The fraction of sp³-hybridized carbons (Fsp3) is 0.286. The quantitative estimate of drug-likeness (QED) is 0.344. The van der Waals surface area contributed by atoms with Crippen LogP contribution >= 0.6 is 0 Å². The average Bonchev–Trinajstić information content (AvgIpc) is 3.68. The van der Waals surface area contributed by atoms with Gasteiger partial charge in [0.15, 0.2) is 0 Å². The molecule has 4 aromatic rings. The van der Waals surface area contributed by atoms with Crippen LogP contribution in [-0.2, 0) is 4.74 Å². The van der Waals surface area contributed by atoms with Crippen LogP contribution < -0.4 is 10.5 Å². The second-order valence-corrected chi connectivity index (χ2v) is 8.98. The van der Waals surface area contributed by atoms with Crippen molar-refractivity contribution in [2.45, 2.75) is 25.8 Å². The minimum Gasteiger partial charge on any atom is -0.379 e. The maximum absolute atomic E-state index is 13.8. The molecule has 5 nitrogen and oxygen atoms in total. The Balaban J connectivity index is 1.56. The van der Waals surface area contributed by atoms with E-state index in [1.807, 2.05) is 67.4 Å². The van der Waals surface area contributed by atoms with Gasteiger partial charge in [0.2, 0.25) is 0 Å². The molecular formula is C28H28FN3O2. The Bertz CT molecular complexity index is 1350. The van der Waals surface area contributed by atoms with E-state index in [-0.39, 0.29) is 17.4 Å². The van der Waals surface area contributed by atoms with Crippen LogP contribution in [0.3, 0.4) is 0 Å². The van der Waals surface area contributed by atoms with E-state index in [0.29, 0.717) is 29.3 Å². The van der Waals surface area contributed by atoms with Gasteiger partial charge < -0.3 is 9.64 Å². The van der Waals surface area contributed by atoms with E-state index < -0.39 is 0 Å². The standard InChI is InChI=1S/C28H28FN3O2/c1-19-30-26-15-14-24(31(2)23-12-10-22(29)11-13-23)16-25(26)28(33)32(19)27(18-34-17-20-8-9-20)21-6-4-3-5-7-21/h3-7,10-16,20,27H,8-9,17-18H2,1-2H3. The topological polar surface area (TPSA) is 47.4 Å². The highest BCUT2D eigenvalue weighted by molar-refractivity contribution is 5.83. The van der Waals surface area contributed by atoms with E-state index in [9.17, 15) is 9.18 Å². The van der Waals surface area contributed by atoms with Gasteiger partial charge in [-0.1, -0.05) is 30.3 Å². The van der Waals surface area contributed by atoms with E-state index in [4.69, 9.17) is 9.72 Å². The summed E-state index contributed by atoms with van der Waals surface area (Å²) >= 11 is 0. The van der Waals surface area contributed by atoms with Crippen molar-refractivity contribution in [3.8, 4) is 0 Å². The third-order valence-corrected chi connectivity index (χ3v) is 6.48. The van der Waals surface area contributed by atoms with Crippen molar-refractivity contribution < 1.29 is 9.13 Å². The Morgan fingerprint density at radius 2 is 1.76 bits per heavy atom. The molecule has 0 aliphatic heterocycles. The van der Waals surface area contributed by atoms with Crippen LogP contribution in [0.2, 0.25) is 0 Å². The molecule has 0 spiro atoms. The fourth-order valence-corrected chi connectivity index (χ4v) is 4.31. The second kappa shape index (κ2) is 9.39. The Morgan fingerprint density at radius 3 is 2.47 bits per heavy atom. The molecule has 0 radical (unpaired) electrons. The smallest absolute Gasteiger partial charge is 0.262 e. The predicted octanol–water partition coefficient (Wildman–Crippen LogP) is 5.63. The van der Waals surface area contributed by atoms with Crippen LogP contribution in [0.25, 0.3) is 10.9 Å². The molecule has 5 rings (SSSR count). The maximum atomic E-state index is 13.8. The van der Waals surface area contributed by atoms with E-state index in [2.05, 4.69) is 0 Å². The maximum Gasteiger partial charge on any atom is 0.262 e. The number of benzene rings is 3. The molecule has 1 saturated carbocycles. The van der Waals surface area contributed by atoms with Crippen LogP contribution in [0.5, 0.6) is 0 Å². The number of ether oxygens (including phenoxy) is 1. The number of halogens is 1. The second-order valence-electron chi connectivity index (χ2n) is 8.98. The third-order valence-electron chi connectivity index (χ3n) is 6.48. The Morgan fingerprint density at radius 1 is 1.06 bits per heavy atom. The monoisotopic (exact) mass is 457 g/mol. The summed E-state index contributed by atoms with van der Waals surface area (Å²) in [6.45, 7) is 3.02. The number of aryl methyl sites for hydroxylation is 1. The zero-order chi connectivity index (χ0) is 23.7. The third kappa shape index (κ3) is 4.59. The molecule has 1 aliphatic rings. The predicted molar refractivity (Wildman–Crippen MR) is 133 cm³/mol. The van der Waals surface area contributed by atoms with Gasteiger partial charge in [0.05, 0.1) is 23.6 Å². The average molecular weight is 458 g/mol. The Hall–Kier alpha value is -3.51. The molecule has 1 atom stereocenters. The summed E-state index contributed by atoms with van der Waals surface area (Å²) in [5.74, 6) is 1.02. The molecule has 6 heteroatoms. The minimum atomic E-state index is -0.283. The number of hydrogen-bond donors (Lipinski definition) is 0. The molecule has 1 unspecified atom stereocenters. The molecule has 0 N–H and O–H groups in total. The Labute approximate surface area is 198 Å². The highest BCUT2D eigenvalue weighted by atomic mass is 19.1. The number of rotatable bonds is 8. The minimum absolute atomic E-state index is 0.0965. The van der Waals surface area contributed by atoms with Crippen molar-refractivity contribution in [1.29, 1.82) is 0 Å². The molecule has 1 heterocycles. The van der Waals surface area contributed by atoms with Crippen molar-refractivity contribution in [3.05, 3.63) is 100 Å². The highest BCUT2D eigenvalue weighted by Crippen LogP contribution is 2.30. The largest absolute Gasteiger partial charge is 0.379 e. The molecule has 0 amide bonds. The zero-order valence-corrected chi connectivity index (χ0v) is 19.4.